The summed E-state index contributed by atoms with van der Waals surface area (Å²) in [5, 5.41) is 20.7. The standard InChI is InChI=1S/C9H14N4O3/c1-6(3-2-4-8(14)15)11-9(16)7-5-10-13-12-7/h5-6H,2-4H2,1H3,(H,11,16)(H,14,15)(H,10,12,13). The number of carbonyl (C=O) groups is 2. The lowest BCUT2D eigenvalue weighted by Gasteiger charge is -2.11. The minimum atomic E-state index is -0.824. The van der Waals surface area contributed by atoms with Crippen LogP contribution in [-0.4, -0.2) is 38.4 Å². The van der Waals surface area contributed by atoms with Gasteiger partial charge in [0.15, 0.2) is 5.69 Å². The van der Waals surface area contributed by atoms with E-state index in [1.54, 1.807) is 0 Å². The molecule has 1 aromatic rings. The molecule has 0 spiro atoms. The number of carboxylic acid groups (broad SMARTS) is 1. The van der Waals surface area contributed by atoms with E-state index in [9.17, 15) is 9.59 Å². The highest BCUT2D eigenvalue weighted by molar-refractivity contribution is 5.91. The summed E-state index contributed by atoms with van der Waals surface area (Å²) in [6, 6.07) is -0.0800. The Labute approximate surface area is 92.2 Å². The number of amides is 1. The Hall–Kier alpha value is -1.92. The largest absolute Gasteiger partial charge is 0.481 e. The summed E-state index contributed by atoms with van der Waals surface area (Å²) in [5.41, 5.74) is 0.227. The average molecular weight is 226 g/mol. The van der Waals surface area contributed by atoms with Crippen molar-refractivity contribution in [3.8, 4) is 0 Å². The number of aromatic nitrogens is 3. The van der Waals surface area contributed by atoms with Crippen LogP contribution in [0.3, 0.4) is 0 Å². The highest BCUT2D eigenvalue weighted by Crippen LogP contribution is 2.01. The molecule has 3 N–H and O–H groups in total. The van der Waals surface area contributed by atoms with Crippen LogP contribution in [-0.2, 0) is 4.79 Å². The van der Waals surface area contributed by atoms with Crippen molar-refractivity contribution in [2.24, 2.45) is 0 Å². The van der Waals surface area contributed by atoms with Gasteiger partial charge in [0.2, 0.25) is 0 Å². The van der Waals surface area contributed by atoms with Gasteiger partial charge < -0.3 is 10.4 Å². The second-order valence-corrected chi connectivity index (χ2v) is 3.52. The topological polar surface area (TPSA) is 108 Å². The van der Waals surface area contributed by atoms with Crippen LogP contribution in [0.1, 0.15) is 36.7 Å². The van der Waals surface area contributed by atoms with Crippen molar-refractivity contribution in [3.63, 3.8) is 0 Å². The lowest BCUT2D eigenvalue weighted by atomic mass is 10.1. The molecule has 1 rings (SSSR count). The molecule has 7 heteroatoms. The number of hydrogen-bond acceptors (Lipinski definition) is 4. The third-order valence-corrected chi connectivity index (χ3v) is 2.05. The van der Waals surface area contributed by atoms with Gasteiger partial charge in [0.05, 0.1) is 6.20 Å². The fraction of sp³-hybridized carbons (Fsp3) is 0.556. The smallest absolute Gasteiger partial charge is 0.303 e. The fourth-order valence-corrected chi connectivity index (χ4v) is 1.24. The van der Waals surface area contributed by atoms with Gasteiger partial charge in [-0.2, -0.15) is 15.4 Å². The van der Waals surface area contributed by atoms with Crippen molar-refractivity contribution in [2.75, 3.05) is 0 Å². The van der Waals surface area contributed by atoms with E-state index >= 15 is 0 Å². The Morgan fingerprint density at radius 1 is 1.62 bits per heavy atom. The first-order valence-electron chi connectivity index (χ1n) is 4.98. The lowest BCUT2D eigenvalue weighted by Crippen LogP contribution is -2.32. The van der Waals surface area contributed by atoms with E-state index in [2.05, 4.69) is 20.7 Å². The van der Waals surface area contributed by atoms with Crippen LogP contribution in [0.15, 0.2) is 6.20 Å². The van der Waals surface area contributed by atoms with E-state index in [1.165, 1.54) is 6.20 Å². The number of carboxylic acids is 1. The SMILES string of the molecule is CC(CCCC(=O)O)NC(=O)c1cn[nH]n1. The molecule has 0 saturated heterocycles. The Morgan fingerprint density at radius 2 is 2.38 bits per heavy atom. The molecule has 0 aliphatic rings. The Morgan fingerprint density at radius 3 is 2.94 bits per heavy atom. The molecule has 1 amide bonds. The van der Waals surface area contributed by atoms with Gasteiger partial charge in [0.25, 0.3) is 5.91 Å². The third kappa shape index (κ3) is 4.07. The number of aromatic amines is 1. The van der Waals surface area contributed by atoms with Crippen molar-refractivity contribution >= 4 is 11.9 Å². The van der Waals surface area contributed by atoms with Crippen LogP contribution >= 0.6 is 0 Å². The van der Waals surface area contributed by atoms with Crippen molar-refractivity contribution in [3.05, 3.63) is 11.9 Å². The molecule has 1 unspecified atom stereocenters. The predicted molar refractivity (Wildman–Crippen MR) is 54.8 cm³/mol. The van der Waals surface area contributed by atoms with Gasteiger partial charge in [-0.05, 0) is 19.8 Å². The molecule has 0 aliphatic heterocycles. The van der Waals surface area contributed by atoms with Gasteiger partial charge >= 0.3 is 5.97 Å². The zero-order valence-corrected chi connectivity index (χ0v) is 8.93. The van der Waals surface area contributed by atoms with Gasteiger partial charge in [-0.1, -0.05) is 0 Å². The number of hydrogen-bond donors (Lipinski definition) is 3. The van der Waals surface area contributed by atoms with Crippen molar-refractivity contribution in [2.45, 2.75) is 32.2 Å². The van der Waals surface area contributed by atoms with E-state index in [0.717, 1.165) is 0 Å². The second kappa shape index (κ2) is 5.84. The molecule has 0 fully saturated rings. The number of H-pyrrole nitrogens is 1. The molecule has 1 aromatic heterocycles. The normalized spacial score (nSPS) is 12.1. The highest BCUT2D eigenvalue weighted by atomic mass is 16.4. The quantitative estimate of drug-likeness (QED) is 0.641. The Bertz CT molecular complexity index is 350. The molecule has 0 aromatic carbocycles. The van der Waals surface area contributed by atoms with Gasteiger partial charge in [0, 0.05) is 12.5 Å². The molecule has 0 saturated carbocycles. The number of rotatable bonds is 6. The first-order chi connectivity index (χ1) is 7.59. The zero-order chi connectivity index (χ0) is 12.0. The molecule has 1 atom stereocenters. The van der Waals surface area contributed by atoms with Gasteiger partial charge in [-0.3, -0.25) is 9.59 Å². The second-order valence-electron chi connectivity index (χ2n) is 3.52. The van der Waals surface area contributed by atoms with Crippen LogP contribution in [0.5, 0.6) is 0 Å². The maximum atomic E-state index is 11.5. The first kappa shape index (κ1) is 12.2. The summed E-state index contributed by atoms with van der Waals surface area (Å²) in [6.07, 6.45) is 2.61. The van der Waals surface area contributed by atoms with E-state index in [-0.39, 0.29) is 24.1 Å². The summed E-state index contributed by atoms with van der Waals surface area (Å²) in [4.78, 5) is 21.7. The van der Waals surface area contributed by atoms with E-state index in [1.807, 2.05) is 6.92 Å². The number of nitrogens with zero attached hydrogens (tertiary/aromatic N) is 2. The Kier molecular flexibility index (Phi) is 4.43. The number of aliphatic carboxylic acids is 1. The average Bonchev–Trinajstić information content (AvgIpc) is 2.69. The molecule has 0 aliphatic carbocycles. The van der Waals surface area contributed by atoms with E-state index in [0.29, 0.717) is 12.8 Å². The summed E-state index contributed by atoms with van der Waals surface area (Å²) in [7, 11) is 0. The molecular weight excluding hydrogens is 212 g/mol. The predicted octanol–water partition coefficient (Wildman–Crippen LogP) is 0.178. The molecular formula is C9H14N4O3. The summed E-state index contributed by atoms with van der Waals surface area (Å²) in [5.74, 6) is -1.13. The molecule has 0 radical (unpaired) electrons. The zero-order valence-electron chi connectivity index (χ0n) is 8.93. The lowest BCUT2D eigenvalue weighted by molar-refractivity contribution is -0.137. The number of nitrogens with one attached hydrogen (secondary N) is 2. The molecule has 1 heterocycles. The van der Waals surface area contributed by atoms with Crippen LogP contribution in [0.2, 0.25) is 0 Å². The van der Waals surface area contributed by atoms with Crippen molar-refractivity contribution in [1.82, 2.24) is 20.7 Å². The first-order valence-corrected chi connectivity index (χ1v) is 4.98. The van der Waals surface area contributed by atoms with Crippen LogP contribution in [0, 0.1) is 0 Å². The minimum Gasteiger partial charge on any atom is -0.481 e. The van der Waals surface area contributed by atoms with Gasteiger partial charge in [-0.15, -0.1) is 0 Å². The third-order valence-electron chi connectivity index (χ3n) is 2.05. The van der Waals surface area contributed by atoms with Crippen LogP contribution in [0.4, 0.5) is 0 Å². The highest BCUT2D eigenvalue weighted by Gasteiger charge is 2.12. The molecule has 88 valence electrons. The Balaban J connectivity index is 2.26. The maximum Gasteiger partial charge on any atom is 0.303 e. The van der Waals surface area contributed by atoms with E-state index < -0.39 is 5.97 Å². The van der Waals surface area contributed by atoms with Crippen LogP contribution in [0.25, 0.3) is 0 Å². The van der Waals surface area contributed by atoms with Gasteiger partial charge in [0.1, 0.15) is 0 Å². The maximum absolute atomic E-state index is 11.5. The molecule has 16 heavy (non-hydrogen) atoms. The molecule has 7 nitrogen and oxygen atoms in total. The number of carbonyl (C=O) groups excluding carboxylic acids is 1. The summed E-state index contributed by atoms with van der Waals surface area (Å²) in [6.45, 7) is 1.82. The fourth-order valence-electron chi connectivity index (χ4n) is 1.24. The monoisotopic (exact) mass is 226 g/mol. The minimum absolute atomic E-state index is 0.0800. The van der Waals surface area contributed by atoms with Crippen molar-refractivity contribution in [1.29, 1.82) is 0 Å². The summed E-state index contributed by atoms with van der Waals surface area (Å²) < 4.78 is 0. The van der Waals surface area contributed by atoms with E-state index in [4.69, 9.17) is 5.11 Å². The summed E-state index contributed by atoms with van der Waals surface area (Å²) >= 11 is 0. The van der Waals surface area contributed by atoms with Crippen LogP contribution < -0.4 is 5.32 Å². The van der Waals surface area contributed by atoms with Crippen molar-refractivity contribution < 1.29 is 14.7 Å². The molecule has 0 bridgehead atoms. The van der Waals surface area contributed by atoms with Gasteiger partial charge in [-0.25, -0.2) is 0 Å².